The summed E-state index contributed by atoms with van der Waals surface area (Å²) in [6.45, 7) is 5.05. The van der Waals surface area contributed by atoms with Crippen LogP contribution in [0.1, 0.15) is 56.2 Å². The average Bonchev–Trinajstić information content (AvgIpc) is 2.72. The lowest BCUT2D eigenvalue weighted by atomic mass is 9.71. The van der Waals surface area contributed by atoms with E-state index in [2.05, 4.69) is 28.1 Å². The Balaban J connectivity index is 1.58. The van der Waals surface area contributed by atoms with Crippen molar-refractivity contribution < 1.29 is 4.79 Å². The molecule has 2 aromatic rings. The fourth-order valence-corrected chi connectivity index (χ4v) is 4.81. The molecule has 7 nitrogen and oxygen atoms in total. The third-order valence-electron chi connectivity index (χ3n) is 6.63. The van der Waals surface area contributed by atoms with Gasteiger partial charge in [0.15, 0.2) is 0 Å². The molecular weight excluding hydrogens is 366 g/mol. The van der Waals surface area contributed by atoms with E-state index < -0.39 is 0 Å². The number of hydrazine groups is 1. The molecule has 3 heterocycles. The fraction of sp³-hybridized carbons (Fsp3) is 0.591. The summed E-state index contributed by atoms with van der Waals surface area (Å²) in [5.74, 6) is 0.493. The van der Waals surface area contributed by atoms with Crippen LogP contribution >= 0.6 is 0 Å². The van der Waals surface area contributed by atoms with Gasteiger partial charge in [0.1, 0.15) is 0 Å². The third kappa shape index (κ3) is 4.07. The molecule has 0 bridgehead atoms. The van der Waals surface area contributed by atoms with Crippen LogP contribution in [0.15, 0.2) is 23.1 Å². The van der Waals surface area contributed by atoms with Crippen molar-refractivity contribution in [1.29, 1.82) is 0 Å². The second-order valence-electron chi connectivity index (χ2n) is 8.72. The Morgan fingerprint density at radius 1 is 1.28 bits per heavy atom. The smallest absolute Gasteiger partial charge is 0.254 e. The van der Waals surface area contributed by atoms with Gasteiger partial charge in [0.05, 0.1) is 11.7 Å². The number of amides is 1. The van der Waals surface area contributed by atoms with Gasteiger partial charge >= 0.3 is 0 Å². The summed E-state index contributed by atoms with van der Waals surface area (Å²) in [4.78, 5) is 30.4. The molecule has 3 N–H and O–H groups in total. The molecule has 0 aromatic carbocycles. The Labute approximate surface area is 171 Å². The summed E-state index contributed by atoms with van der Waals surface area (Å²) >= 11 is 0. The summed E-state index contributed by atoms with van der Waals surface area (Å²) in [6, 6.07) is 3.95. The number of rotatable bonds is 3. The SMILES string of the molecule is Cc1cc2c(cn1)cc(C1CC(C(=O)NC3CCCNN3)CCC1C)c(=O)n2C. The Kier molecular flexibility index (Phi) is 5.69. The first kappa shape index (κ1) is 20.0. The van der Waals surface area contributed by atoms with E-state index in [-0.39, 0.29) is 29.5 Å². The van der Waals surface area contributed by atoms with Gasteiger partial charge in [-0.25, -0.2) is 5.43 Å². The molecule has 156 valence electrons. The zero-order valence-electron chi connectivity index (χ0n) is 17.5. The molecule has 1 saturated carbocycles. The molecule has 4 unspecified atom stereocenters. The normalized spacial score (nSPS) is 27.7. The van der Waals surface area contributed by atoms with Crippen molar-refractivity contribution in [3.05, 3.63) is 39.9 Å². The van der Waals surface area contributed by atoms with Gasteiger partial charge in [-0.05, 0) is 63.0 Å². The van der Waals surface area contributed by atoms with E-state index in [1.54, 1.807) is 4.57 Å². The number of carbonyl (C=O) groups is 1. The van der Waals surface area contributed by atoms with E-state index in [9.17, 15) is 9.59 Å². The lowest BCUT2D eigenvalue weighted by molar-refractivity contribution is -0.127. The number of aromatic nitrogens is 2. The largest absolute Gasteiger partial charge is 0.339 e. The number of nitrogens with zero attached hydrogens (tertiary/aromatic N) is 2. The average molecular weight is 398 g/mol. The molecule has 2 aromatic heterocycles. The van der Waals surface area contributed by atoms with Gasteiger partial charge in [-0.15, -0.1) is 0 Å². The van der Waals surface area contributed by atoms with Crippen molar-refractivity contribution in [3.63, 3.8) is 0 Å². The third-order valence-corrected chi connectivity index (χ3v) is 6.63. The fourth-order valence-electron chi connectivity index (χ4n) is 4.81. The number of nitrogens with one attached hydrogen (secondary N) is 3. The van der Waals surface area contributed by atoms with Crippen molar-refractivity contribution in [2.45, 2.75) is 58.0 Å². The maximum absolute atomic E-state index is 13.2. The van der Waals surface area contributed by atoms with Crippen LogP contribution in [0, 0.1) is 18.8 Å². The number of carbonyl (C=O) groups excluding carboxylic acids is 1. The maximum atomic E-state index is 13.2. The monoisotopic (exact) mass is 397 g/mol. The molecule has 1 aliphatic carbocycles. The number of hydrogen-bond donors (Lipinski definition) is 3. The van der Waals surface area contributed by atoms with Crippen molar-refractivity contribution in [2.24, 2.45) is 18.9 Å². The summed E-state index contributed by atoms with van der Waals surface area (Å²) in [6.07, 6.45) is 6.34. The van der Waals surface area contributed by atoms with Crippen molar-refractivity contribution in [1.82, 2.24) is 25.7 Å². The molecule has 0 radical (unpaired) electrons. The first-order valence-electron chi connectivity index (χ1n) is 10.7. The van der Waals surface area contributed by atoms with Gasteiger partial charge in [-0.2, -0.15) is 0 Å². The first-order valence-corrected chi connectivity index (χ1v) is 10.7. The van der Waals surface area contributed by atoms with Crippen LogP contribution in [0.2, 0.25) is 0 Å². The molecule has 1 saturated heterocycles. The second-order valence-corrected chi connectivity index (χ2v) is 8.72. The van der Waals surface area contributed by atoms with Crippen molar-refractivity contribution >= 4 is 16.8 Å². The lowest BCUT2D eigenvalue weighted by Crippen LogP contribution is -2.56. The first-order chi connectivity index (χ1) is 13.9. The molecule has 4 atom stereocenters. The Hall–Kier alpha value is -2.25. The van der Waals surface area contributed by atoms with E-state index in [0.29, 0.717) is 12.3 Å². The number of pyridine rings is 2. The quantitative estimate of drug-likeness (QED) is 0.738. The minimum absolute atomic E-state index is 0.0168. The summed E-state index contributed by atoms with van der Waals surface area (Å²) in [7, 11) is 1.83. The number of hydrogen-bond acceptors (Lipinski definition) is 5. The Morgan fingerprint density at radius 2 is 2.10 bits per heavy atom. The summed E-state index contributed by atoms with van der Waals surface area (Å²) in [5.41, 5.74) is 8.90. The highest BCUT2D eigenvalue weighted by molar-refractivity contribution is 5.80. The summed E-state index contributed by atoms with van der Waals surface area (Å²) in [5, 5.41) is 4.11. The predicted molar refractivity (Wildman–Crippen MR) is 113 cm³/mol. The van der Waals surface area contributed by atoms with Crippen LogP contribution in [-0.2, 0) is 11.8 Å². The van der Waals surface area contributed by atoms with Gasteiger partial charge in [-0.3, -0.25) is 20.0 Å². The van der Waals surface area contributed by atoms with Crippen LogP contribution in [-0.4, -0.2) is 28.2 Å². The van der Waals surface area contributed by atoms with Gasteiger partial charge < -0.3 is 9.88 Å². The van der Waals surface area contributed by atoms with Crippen LogP contribution in [0.3, 0.4) is 0 Å². The zero-order valence-corrected chi connectivity index (χ0v) is 17.5. The topological polar surface area (TPSA) is 88.1 Å². The van der Waals surface area contributed by atoms with E-state index in [1.165, 1.54) is 0 Å². The van der Waals surface area contributed by atoms with E-state index >= 15 is 0 Å². The molecule has 2 aliphatic rings. The van der Waals surface area contributed by atoms with Crippen molar-refractivity contribution in [2.75, 3.05) is 6.54 Å². The van der Waals surface area contributed by atoms with Crippen LogP contribution in [0.4, 0.5) is 0 Å². The highest BCUT2D eigenvalue weighted by Crippen LogP contribution is 2.40. The van der Waals surface area contributed by atoms with Gasteiger partial charge in [0, 0.05) is 42.4 Å². The van der Waals surface area contributed by atoms with Gasteiger partial charge in [0.25, 0.3) is 5.56 Å². The van der Waals surface area contributed by atoms with E-state index in [1.807, 2.05) is 32.3 Å². The highest BCUT2D eigenvalue weighted by atomic mass is 16.2. The van der Waals surface area contributed by atoms with Crippen LogP contribution < -0.4 is 21.7 Å². The molecule has 29 heavy (non-hydrogen) atoms. The van der Waals surface area contributed by atoms with E-state index in [4.69, 9.17) is 0 Å². The molecule has 1 aliphatic heterocycles. The van der Waals surface area contributed by atoms with Crippen molar-refractivity contribution in [3.8, 4) is 0 Å². The number of aryl methyl sites for hydroxylation is 2. The highest BCUT2D eigenvalue weighted by Gasteiger charge is 2.35. The zero-order chi connectivity index (χ0) is 20.5. The Bertz CT molecular complexity index is 964. The molecule has 2 fully saturated rings. The minimum Gasteiger partial charge on any atom is -0.339 e. The molecule has 0 spiro atoms. The maximum Gasteiger partial charge on any atom is 0.254 e. The minimum atomic E-state index is -0.0588. The molecule has 1 amide bonds. The standard InChI is InChI=1S/C22H31N5O2/c1-13-6-7-15(21(28)25-20-5-4-8-24-26-20)10-17(13)18-11-16-12-23-14(2)9-19(16)27(3)22(18)29/h9,11-13,15,17,20,24,26H,4-8,10H2,1-3H3,(H,25,28). The van der Waals surface area contributed by atoms with Crippen LogP contribution in [0.5, 0.6) is 0 Å². The van der Waals surface area contributed by atoms with E-state index in [0.717, 1.165) is 54.4 Å². The predicted octanol–water partition coefficient (Wildman–Crippen LogP) is 2.09. The molecule has 7 heteroatoms. The van der Waals surface area contributed by atoms with Gasteiger partial charge in [-0.1, -0.05) is 6.92 Å². The number of fused-ring (bicyclic) bond motifs is 1. The van der Waals surface area contributed by atoms with Crippen LogP contribution in [0.25, 0.3) is 10.9 Å². The lowest BCUT2D eigenvalue weighted by Gasteiger charge is -2.35. The second kappa shape index (κ2) is 8.24. The van der Waals surface area contributed by atoms with Gasteiger partial charge in [0.2, 0.25) is 5.91 Å². The Morgan fingerprint density at radius 3 is 2.86 bits per heavy atom. The molecule has 4 rings (SSSR count). The molecular formula is C22H31N5O2. The summed E-state index contributed by atoms with van der Waals surface area (Å²) < 4.78 is 1.73.